The van der Waals surface area contributed by atoms with Crippen LogP contribution in [0.4, 0.5) is 0 Å². The Balaban J connectivity index is 1.74. The summed E-state index contributed by atoms with van der Waals surface area (Å²) in [5.41, 5.74) is 0.785. The van der Waals surface area contributed by atoms with Gasteiger partial charge >= 0.3 is 0 Å². The van der Waals surface area contributed by atoms with Gasteiger partial charge in [-0.3, -0.25) is 0 Å². The lowest BCUT2D eigenvalue weighted by Crippen LogP contribution is -2.17. The minimum atomic E-state index is 0.475. The molecular formula is C15H19N3O3. The summed E-state index contributed by atoms with van der Waals surface area (Å²) in [7, 11) is 0. The van der Waals surface area contributed by atoms with Gasteiger partial charge in [-0.1, -0.05) is 13.0 Å². The summed E-state index contributed by atoms with van der Waals surface area (Å²) in [5, 5.41) is 11.5. The Morgan fingerprint density at radius 1 is 1.14 bits per heavy atom. The highest BCUT2D eigenvalue weighted by Crippen LogP contribution is 2.39. The van der Waals surface area contributed by atoms with Crippen LogP contribution >= 0.6 is 0 Å². The third-order valence-corrected chi connectivity index (χ3v) is 3.21. The fraction of sp³-hybridized carbons (Fsp3) is 0.467. The Morgan fingerprint density at radius 2 is 2.05 bits per heavy atom. The van der Waals surface area contributed by atoms with Crippen molar-refractivity contribution in [2.24, 2.45) is 0 Å². The molecular weight excluding hydrogens is 270 g/mol. The van der Waals surface area contributed by atoms with Crippen molar-refractivity contribution in [2.75, 3.05) is 26.3 Å². The Hall–Kier alpha value is -2.08. The smallest absolute Gasteiger partial charge is 0.251 e. The van der Waals surface area contributed by atoms with Crippen LogP contribution in [0.1, 0.15) is 19.2 Å². The number of aromatic nitrogens is 2. The summed E-state index contributed by atoms with van der Waals surface area (Å²) in [4.78, 5) is 0. The summed E-state index contributed by atoms with van der Waals surface area (Å²) in [5.74, 6) is 2.51. The van der Waals surface area contributed by atoms with E-state index in [-0.39, 0.29) is 0 Å². The topological polar surface area (TPSA) is 69.4 Å². The number of rotatable bonds is 6. The Labute approximate surface area is 123 Å². The molecule has 0 spiro atoms. The van der Waals surface area contributed by atoms with Gasteiger partial charge in [-0.05, 0) is 25.1 Å². The monoisotopic (exact) mass is 289 g/mol. The van der Waals surface area contributed by atoms with Crippen molar-refractivity contribution < 1.29 is 13.9 Å². The minimum absolute atomic E-state index is 0.475. The first-order valence-corrected chi connectivity index (χ1v) is 7.30. The van der Waals surface area contributed by atoms with E-state index in [0.717, 1.165) is 37.2 Å². The van der Waals surface area contributed by atoms with E-state index in [2.05, 4.69) is 22.4 Å². The molecule has 0 bridgehead atoms. The second-order valence-electron chi connectivity index (χ2n) is 4.83. The zero-order chi connectivity index (χ0) is 14.5. The van der Waals surface area contributed by atoms with E-state index in [0.29, 0.717) is 30.7 Å². The number of nitrogens with one attached hydrogen (secondary N) is 1. The predicted molar refractivity (Wildman–Crippen MR) is 77.6 cm³/mol. The second kappa shape index (κ2) is 6.58. The van der Waals surface area contributed by atoms with Crippen LogP contribution in [0.5, 0.6) is 11.5 Å². The van der Waals surface area contributed by atoms with Crippen LogP contribution in [-0.4, -0.2) is 36.5 Å². The van der Waals surface area contributed by atoms with Gasteiger partial charge < -0.3 is 19.2 Å². The maximum Gasteiger partial charge on any atom is 0.251 e. The number of hydrogen-bond donors (Lipinski definition) is 1. The largest absolute Gasteiger partial charge is 0.486 e. The lowest BCUT2D eigenvalue weighted by atomic mass is 10.2. The van der Waals surface area contributed by atoms with E-state index < -0.39 is 0 Å². The molecule has 0 aliphatic carbocycles. The molecule has 2 aromatic rings. The van der Waals surface area contributed by atoms with E-state index in [1.807, 2.05) is 18.2 Å². The first-order chi connectivity index (χ1) is 10.4. The maximum atomic E-state index is 5.72. The van der Waals surface area contributed by atoms with Gasteiger partial charge in [-0.2, -0.15) is 0 Å². The van der Waals surface area contributed by atoms with Crippen molar-refractivity contribution >= 4 is 0 Å². The number of nitrogens with zero attached hydrogens (tertiary/aromatic N) is 2. The number of para-hydroxylation sites is 1. The molecule has 112 valence electrons. The molecule has 2 heterocycles. The van der Waals surface area contributed by atoms with E-state index in [4.69, 9.17) is 13.9 Å². The highest BCUT2D eigenvalue weighted by Gasteiger charge is 2.20. The van der Waals surface area contributed by atoms with Crippen molar-refractivity contribution in [1.29, 1.82) is 0 Å². The first-order valence-electron chi connectivity index (χ1n) is 7.30. The number of hydrogen-bond acceptors (Lipinski definition) is 6. The molecule has 0 saturated heterocycles. The molecule has 0 fully saturated rings. The standard InChI is InChI=1S/C15H19N3O3/c1-2-7-16-8-6-13-17-18-15(21-13)11-4-3-5-12-14(11)20-10-9-19-12/h3-5,16H,2,6-10H2,1H3. The van der Waals surface area contributed by atoms with Crippen LogP contribution in [0, 0.1) is 0 Å². The molecule has 0 saturated carbocycles. The average molecular weight is 289 g/mol. The van der Waals surface area contributed by atoms with Gasteiger partial charge in [0.1, 0.15) is 13.2 Å². The van der Waals surface area contributed by atoms with Crippen LogP contribution in [0.2, 0.25) is 0 Å². The average Bonchev–Trinajstić information content (AvgIpc) is 3.00. The van der Waals surface area contributed by atoms with Gasteiger partial charge in [0, 0.05) is 13.0 Å². The first kappa shape index (κ1) is 13.9. The van der Waals surface area contributed by atoms with Gasteiger partial charge in [0.05, 0.1) is 5.56 Å². The van der Waals surface area contributed by atoms with E-state index in [1.165, 1.54) is 0 Å². The van der Waals surface area contributed by atoms with Gasteiger partial charge in [0.2, 0.25) is 5.89 Å². The van der Waals surface area contributed by atoms with E-state index in [9.17, 15) is 0 Å². The van der Waals surface area contributed by atoms with Gasteiger partial charge in [-0.15, -0.1) is 10.2 Å². The van der Waals surface area contributed by atoms with Crippen molar-refractivity contribution in [3.63, 3.8) is 0 Å². The second-order valence-corrected chi connectivity index (χ2v) is 4.83. The molecule has 21 heavy (non-hydrogen) atoms. The summed E-state index contributed by atoms with van der Waals surface area (Å²) in [6.07, 6.45) is 1.84. The van der Waals surface area contributed by atoms with Crippen LogP contribution in [-0.2, 0) is 6.42 Å². The number of ether oxygens (including phenoxy) is 2. The van der Waals surface area contributed by atoms with Crippen LogP contribution in [0.3, 0.4) is 0 Å². The van der Waals surface area contributed by atoms with Crippen molar-refractivity contribution in [3.8, 4) is 23.0 Å². The number of fused-ring (bicyclic) bond motifs is 1. The van der Waals surface area contributed by atoms with Crippen molar-refractivity contribution in [3.05, 3.63) is 24.1 Å². The van der Waals surface area contributed by atoms with E-state index >= 15 is 0 Å². The molecule has 1 N–H and O–H groups in total. The van der Waals surface area contributed by atoms with Crippen molar-refractivity contribution in [1.82, 2.24) is 15.5 Å². The molecule has 6 nitrogen and oxygen atoms in total. The SMILES string of the molecule is CCCNCCc1nnc(-c2cccc3c2OCCO3)o1. The quantitative estimate of drug-likeness (QED) is 0.821. The molecule has 0 atom stereocenters. The molecule has 0 radical (unpaired) electrons. The van der Waals surface area contributed by atoms with Gasteiger partial charge in [0.15, 0.2) is 11.5 Å². The van der Waals surface area contributed by atoms with Crippen LogP contribution < -0.4 is 14.8 Å². The Kier molecular flexibility index (Phi) is 4.35. The molecule has 1 aliphatic rings. The molecule has 1 aromatic carbocycles. The fourth-order valence-corrected chi connectivity index (χ4v) is 2.20. The van der Waals surface area contributed by atoms with E-state index in [1.54, 1.807) is 0 Å². The van der Waals surface area contributed by atoms with Gasteiger partial charge in [-0.25, -0.2) is 0 Å². The van der Waals surface area contributed by atoms with Gasteiger partial charge in [0.25, 0.3) is 5.89 Å². The summed E-state index contributed by atoms with van der Waals surface area (Å²) >= 11 is 0. The zero-order valence-corrected chi connectivity index (χ0v) is 12.1. The minimum Gasteiger partial charge on any atom is -0.486 e. The fourth-order valence-electron chi connectivity index (χ4n) is 2.20. The molecule has 0 amide bonds. The molecule has 0 unspecified atom stereocenters. The lowest BCUT2D eigenvalue weighted by molar-refractivity contribution is 0.172. The molecule has 6 heteroatoms. The maximum absolute atomic E-state index is 5.72. The highest BCUT2D eigenvalue weighted by atomic mass is 16.6. The zero-order valence-electron chi connectivity index (χ0n) is 12.1. The Bertz CT molecular complexity index is 598. The number of benzene rings is 1. The molecule has 1 aromatic heterocycles. The van der Waals surface area contributed by atoms with Crippen molar-refractivity contribution in [2.45, 2.75) is 19.8 Å². The predicted octanol–water partition coefficient (Wildman–Crippen LogP) is 2.05. The Morgan fingerprint density at radius 3 is 2.95 bits per heavy atom. The van der Waals surface area contributed by atoms with Crippen LogP contribution in [0.25, 0.3) is 11.5 Å². The third-order valence-electron chi connectivity index (χ3n) is 3.21. The highest BCUT2D eigenvalue weighted by molar-refractivity contribution is 5.67. The third kappa shape index (κ3) is 3.16. The van der Waals surface area contributed by atoms with Crippen LogP contribution in [0.15, 0.2) is 22.6 Å². The molecule has 1 aliphatic heterocycles. The lowest BCUT2D eigenvalue weighted by Gasteiger charge is -2.19. The summed E-state index contributed by atoms with van der Waals surface area (Å²) in [6, 6.07) is 5.68. The summed E-state index contributed by atoms with van der Waals surface area (Å²) in [6.45, 7) is 5.07. The molecule has 3 rings (SSSR count). The normalized spacial score (nSPS) is 13.4. The summed E-state index contributed by atoms with van der Waals surface area (Å²) < 4.78 is 16.9.